The summed E-state index contributed by atoms with van der Waals surface area (Å²) in [6.45, 7) is 0. The molecule has 1 aromatic heterocycles. The normalized spacial score (nSPS) is 13.0. The number of hydrogen-bond donors (Lipinski definition) is 2. The lowest BCUT2D eigenvalue weighted by Crippen LogP contribution is -2.32. The second kappa shape index (κ2) is 6.80. The molecule has 0 saturated heterocycles. The first kappa shape index (κ1) is 17.4. The predicted octanol–water partition coefficient (Wildman–Crippen LogP) is 5.24. The quantitative estimate of drug-likeness (QED) is 0.651. The van der Waals surface area contributed by atoms with Crippen LogP contribution in [-0.2, 0) is 0 Å². The SMILES string of the molecule is O=C(N[C@H](CC(F)(F)F)c1c[nH]c2ccccc12)c1ccccc1Cl. The van der Waals surface area contributed by atoms with E-state index < -0.39 is 24.5 Å². The van der Waals surface area contributed by atoms with Crippen LogP contribution < -0.4 is 5.32 Å². The van der Waals surface area contributed by atoms with E-state index in [0.717, 1.165) is 0 Å². The Morgan fingerprint density at radius 1 is 1.12 bits per heavy atom. The van der Waals surface area contributed by atoms with Crippen LogP contribution in [0.1, 0.15) is 28.4 Å². The molecule has 0 aliphatic carbocycles. The molecule has 2 N–H and O–H groups in total. The number of fused-ring (bicyclic) bond motifs is 1. The van der Waals surface area contributed by atoms with Gasteiger partial charge in [0.1, 0.15) is 0 Å². The van der Waals surface area contributed by atoms with Crippen molar-refractivity contribution < 1.29 is 18.0 Å². The smallest absolute Gasteiger partial charge is 0.361 e. The molecule has 3 rings (SSSR count). The first-order valence-electron chi connectivity index (χ1n) is 7.53. The molecular weight excluding hydrogens is 353 g/mol. The Kier molecular flexibility index (Phi) is 4.72. The number of aromatic amines is 1. The Balaban J connectivity index is 1.95. The fraction of sp³-hybridized carbons (Fsp3) is 0.167. The number of carbonyl (C=O) groups excluding carboxylic acids is 1. The molecule has 0 unspecified atom stereocenters. The van der Waals surface area contributed by atoms with Crippen molar-refractivity contribution in [3.8, 4) is 0 Å². The van der Waals surface area contributed by atoms with Crippen molar-refractivity contribution in [1.82, 2.24) is 10.3 Å². The summed E-state index contributed by atoms with van der Waals surface area (Å²) in [6.07, 6.45) is -4.12. The summed E-state index contributed by atoms with van der Waals surface area (Å²) in [5, 5.41) is 3.28. The zero-order valence-electron chi connectivity index (χ0n) is 12.9. The highest BCUT2D eigenvalue weighted by atomic mass is 35.5. The average Bonchev–Trinajstić information content (AvgIpc) is 2.97. The van der Waals surface area contributed by atoms with Crippen molar-refractivity contribution >= 4 is 28.4 Å². The number of benzene rings is 2. The van der Waals surface area contributed by atoms with Gasteiger partial charge in [-0.2, -0.15) is 13.2 Å². The van der Waals surface area contributed by atoms with Crippen LogP contribution in [0.5, 0.6) is 0 Å². The van der Waals surface area contributed by atoms with Crippen LogP contribution in [0.25, 0.3) is 10.9 Å². The first-order valence-corrected chi connectivity index (χ1v) is 7.91. The van der Waals surface area contributed by atoms with E-state index in [9.17, 15) is 18.0 Å². The van der Waals surface area contributed by atoms with Gasteiger partial charge < -0.3 is 10.3 Å². The zero-order chi connectivity index (χ0) is 18.0. The third-order valence-electron chi connectivity index (χ3n) is 3.86. The second-order valence-electron chi connectivity index (χ2n) is 5.61. The zero-order valence-corrected chi connectivity index (χ0v) is 13.7. The van der Waals surface area contributed by atoms with Crippen molar-refractivity contribution in [1.29, 1.82) is 0 Å². The van der Waals surface area contributed by atoms with Gasteiger partial charge in [-0.15, -0.1) is 0 Å². The molecule has 3 nitrogen and oxygen atoms in total. The van der Waals surface area contributed by atoms with Gasteiger partial charge in [0, 0.05) is 22.7 Å². The van der Waals surface area contributed by atoms with Crippen LogP contribution in [0.3, 0.4) is 0 Å². The number of para-hydroxylation sites is 1. The van der Waals surface area contributed by atoms with Crippen LogP contribution in [-0.4, -0.2) is 17.1 Å². The maximum Gasteiger partial charge on any atom is 0.391 e. The maximum absolute atomic E-state index is 13.0. The lowest BCUT2D eigenvalue weighted by molar-refractivity contribution is -0.139. The van der Waals surface area contributed by atoms with E-state index in [1.165, 1.54) is 18.3 Å². The van der Waals surface area contributed by atoms with Crippen molar-refractivity contribution in [2.24, 2.45) is 0 Å². The van der Waals surface area contributed by atoms with Crippen LogP contribution in [0.15, 0.2) is 54.7 Å². The van der Waals surface area contributed by atoms with E-state index in [0.29, 0.717) is 16.5 Å². The number of rotatable bonds is 4. The van der Waals surface area contributed by atoms with Crippen LogP contribution >= 0.6 is 11.6 Å². The van der Waals surface area contributed by atoms with Crippen molar-refractivity contribution in [3.63, 3.8) is 0 Å². The monoisotopic (exact) mass is 366 g/mol. The molecule has 2 aromatic carbocycles. The highest BCUT2D eigenvalue weighted by Crippen LogP contribution is 2.33. The largest absolute Gasteiger partial charge is 0.391 e. The number of alkyl halides is 3. The Hall–Kier alpha value is -2.47. The molecule has 0 radical (unpaired) electrons. The third kappa shape index (κ3) is 3.96. The minimum atomic E-state index is -4.43. The Morgan fingerprint density at radius 2 is 1.80 bits per heavy atom. The summed E-state index contributed by atoms with van der Waals surface area (Å²) in [5.41, 5.74) is 1.22. The van der Waals surface area contributed by atoms with Gasteiger partial charge in [0.05, 0.1) is 23.0 Å². The van der Waals surface area contributed by atoms with Gasteiger partial charge in [-0.1, -0.05) is 41.9 Å². The molecule has 0 saturated carbocycles. The van der Waals surface area contributed by atoms with Crippen LogP contribution in [0.2, 0.25) is 5.02 Å². The van der Waals surface area contributed by atoms with E-state index in [1.807, 2.05) is 0 Å². The Bertz CT molecular complexity index is 904. The number of halogens is 4. The predicted molar refractivity (Wildman–Crippen MR) is 90.6 cm³/mol. The molecule has 0 aliphatic rings. The molecule has 130 valence electrons. The standard InChI is InChI=1S/C18H14ClF3N2O/c19-14-7-3-1-6-12(14)17(25)24-16(9-18(20,21)22)13-10-23-15-8-4-2-5-11(13)15/h1-8,10,16,23H,9H2,(H,24,25)/t16-/m1/s1. The summed E-state index contributed by atoms with van der Waals surface area (Å²) >= 11 is 5.97. The van der Waals surface area contributed by atoms with Crippen molar-refractivity contribution in [2.45, 2.75) is 18.6 Å². The molecule has 1 amide bonds. The van der Waals surface area contributed by atoms with Crippen molar-refractivity contribution in [2.75, 3.05) is 0 Å². The van der Waals surface area contributed by atoms with Crippen molar-refractivity contribution in [3.05, 3.63) is 70.9 Å². The molecule has 7 heteroatoms. The number of aromatic nitrogens is 1. The summed E-state index contributed by atoms with van der Waals surface area (Å²) in [5.74, 6) is -0.648. The second-order valence-corrected chi connectivity index (χ2v) is 6.02. The molecule has 0 aliphatic heterocycles. The fourth-order valence-electron chi connectivity index (χ4n) is 2.73. The van der Waals surface area contributed by atoms with Gasteiger partial charge in [-0.25, -0.2) is 0 Å². The number of H-pyrrole nitrogens is 1. The van der Waals surface area contributed by atoms with Gasteiger partial charge in [0.2, 0.25) is 0 Å². The Labute approximate surface area is 146 Å². The van der Waals surface area contributed by atoms with Gasteiger partial charge in [-0.3, -0.25) is 4.79 Å². The molecule has 0 spiro atoms. The highest BCUT2D eigenvalue weighted by molar-refractivity contribution is 6.33. The summed E-state index contributed by atoms with van der Waals surface area (Å²) in [7, 11) is 0. The number of nitrogens with one attached hydrogen (secondary N) is 2. The number of carbonyl (C=O) groups is 1. The van der Waals surface area contributed by atoms with E-state index in [4.69, 9.17) is 11.6 Å². The van der Waals surface area contributed by atoms with E-state index in [2.05, 4.69) is 10.3 Å². The fourth-order valence-corrected chi connectivity index (χ4v) is 2.96. The number of hydrogen-bond acceptors (Lipinski definition) is 1. The van der Waals surface area contributed by atoms with Gasteiger partial charge in [-0.05, 0) is 18.2 Å². The molecule has 25 heavy (non-hydrogen) atoms. The molecule has 1 atom stereocenters. The van der Waals surface area contributed by atoms with Crippen LogP contribution in [0.4, 0.5) is 13.2 Å². The topological polar surface area (TPSA) is 44.9 Å². The average molecular weight is 367 g/mol. The summed E-state index contributed by atoms with van der Waals surface area (Å²) < 4.78 is 39.1. The van der Waals surface area contributed by atoms with Gasteiger partial charge in [0.15, 0.2) is 0 Å². The first-order chi connectivity index (χ1) is 11.8. The molecular formula is C18H14ClF3N2O. The number of amides is 1. The minimum absolute atomic E-state index is 0.135. The van der Waals surface area contributed by atoms with E-state index in [1.54, 1.807) is 36.4 Å². The summed E-state index contributed by atoms with van der Waals surface area (Å²) in [4.78, 5) is 15.4. The van der Waals surface area contributed by atoms with Crippen LogP contribution in [0, 0.1) is 0 Å². The lowest BCUT2D eigenvalue weighted by Gasteiger charge is -2.20. The Morgan fingerprint density at radius 3 is 2.52 bits per heavy atom. The molecule has 0 bridgehead atoms. The minimum Gasteiger partial charge on any atom is -0.361 e. The third-order valence-corrected chi connectivity index (χ3v) is 4.19. The molecule has 0 fully saturated rings. The van der Waals surface area contributed by atoms with Gasteiger partial charge >= 0.3 is 6.18 Å². The van der Waals surface area contributed by atoms with E-state index in [-0.39, 0.29) is 10.6 Å². The maximum atomic E-state index is 13.0. The molecule has 1 heterocycles. The van der Waals surface area contributed by atoms with E-state index >= 15 is 0 Å². The highest BCUT2D eigenvalue weighted by Gasteiger charge is 2.34. The van der Waals surface area contributed by atoms with Gasteiger partial charge in [0.25, 0.3) is 5.91 Å². The summed E-state index contributed by atoms with van der Waals surface area (Å²) in [6, 6.07) is 12.0. The lowest BCUT2D eigenvalue weighted by atomic mass is 10.0. The molecule has 3 aromatic rings.